The van der Waals surface area contributed by atoms with Crippen molar-refractivity contribution in [3.8, 4) is 0 Å². The van der Waals surface area contributed by atoms with Gasteiger partial charge in [-0.25, -0.2) is 12.7 Å². The van der Waals surface area contributed by atoms with Crippen LogP contribution in [0, 0.1) is 0 Å². The Hall–Kier alpha value is -0.260. The number of rotatable bonds is 4. The van der Waals surface area contributed by atoms with E-state index in [4.69, 9.17) is 0 Å². The summed E-state index contributed by atoms with van der Waals surface area (Å²) < 4.78 is 52.7. The van der Waals surface area contributed by atoms with Crippen molar-refractivity contribution in [2.75, 3.05) is 45.5 Å². The molecule has 2 heterocycles. The summed E-state index contributed by atoms with van der Waals surface area (Å²) in [5, 5.41) is 3.11. The fourth-order valence-electron chi connectivity index (χ4n) is 2.48. The van der Waals surface area contributed by atoms with Crippen LogP contribution in [0.5, 0.6) is 0 Å². The van der Waals surface area contributed by atoms with Gasteiger partial charge in [0.25, 0.3) is 10.2 Å². The van der Waals surface area contributed by atoms with E-state index < -0.39 is 20.2 Å². The molecule has 0 bridgehead atoms. The minimum Gasteiger partial charge on any atom is -0.314 e. The average Bonchev–Trinajstić information content (AvgIpc) is 2.39. The maximum Gasteiger partial charge on any atom is 0.279 e. The second-order valence-corrected chi connectivity index (χ2v) is 8.89. The van der Waals surface area contributed by atoms with Gasteiger partial charge in [-0.15, -0.1) is 0 Å². The monoisotopic (exact) mass is 326 g/mol. The molecule has 10 heteroatoms. The summed E-state index contributed by atoms with van der Waals surface area (Å²) in [6.07, 6.45) is 2.20. The summed E-state index contributed by atoms with van der Waals surface area (Å²) in [4.78, 5) is 0. The van der Waals surface area contributed by atoms with Gasteiger partial charge < -0.3 is 5.32 Å². The first-order chi connectivity index (χ1) is 9.29. The molecular formula is C10H22N4O4S2. The zero-order chi connectivity index (χ0) is 14.8. The Morgan fingerprint density at radius 1 is 0.950 bits per heavy atom. The molecule has 0 atom stereocenters. The van der Waals surface area contributed by atoms with Crippen LogP contribution in [0.25, 0.3) is 0 Å². The van der Waals surface area contributed by atoms with Gasteiger partial charge >= 0.3 is 0 Å². The number of nitrogens with one attached hydrogen (secondary N) is 2. The Labute approximate surface area is 120 Å². The smallest absolute Gasteiger partial charge is 0.279 e. The maximum absolute atomic E-state index is 12.2. The molecule has 8 nitrogen and oxygen atoms in total. The van der Waals surface area contributed by atoms with Crippen molar-refractivity contribution in [2.24, 2.45) is 0 Å². The van der Waals surface area contributed by atoms with E-state index in [1.807, 2.05) is 0 Å². The van der Waals surface area contributed by atoms with Crippen molar-refractivity contribution >= 4 is 20.2 Å². The molecule has 0 aliphatic carbocycles. The third-order valence-electron chi connectivity index (χ3n) is 3.65. The highest BCUT2D eigenvalue weighted by molar-refractivity contribution is 7.88. The lowest BCUT2D eigenvalue weighted by Gasteiger charge is -2.33. The van der Waals surface area contributed by atoms with Gasteiger partial charge in [0.2, 0.25) is 10.0 Å². The largest absolute Gasteiger partial charge is 0.314 e. The molecule has 2 fully saturated rings. The lowest BCUT2D eigenvalue weighted by molar-refractivity contribution is 0.300. The third-order valence-corrected chi connectivity index (χ3v) is 6.63. The molecule has 0 spiro atoms. The number of piperazine rings is 1. The first-order valence-electron chi connectivity index (χ1n) is 6.72. The molecule has 0 aromatic rings. The van der Waals surface area contributed by atoms with Gasteiger partial charge in [-0.2, -0.15) is 17.4 Å². The van der Waals surface area contributed by atoms with Crippen molar-refractivity contribution in [2.45, 2.75) is 18.9 Å². The van der Waals surface area contributed by atoms with E-state index in [9.17, 15) is 16.8 Å². The molecule has 0 amide bonds. The molecule has 20 heavy (non-hydrogen) atoms. The van der Waals surface area contributed by atoms with E-state index in [0.717, 1.165) is 0 Å². The predicted molar refractivity (Wildman–Crippen MR) is 75.9 cm³/mol. The molecule has 0 unspecified atom stereocenters. The fraction of sp³-hybridized carbons (Fsp3) is 1.00. The van der Waals surface area contributed by atoms with Crippen molar-refractivity contribution in [3.05, 3.63) is 0 Å². The van der Waals surface area contributed by atoms with Gasteiger partial charge in [0, 0.05) is 45.3 Å². The minimum absolute atomic E-state index is 0.187. The fourth-order valence-corrected chi connectivity index (χ4v) is 4.82. The molecule has 118 valence electrons. The SMILES string of the molecule is CS(=O)(=O)N1CCC(NS(=O)(=O)N2CCNCC2)CC1. The zero-order valence-corrected chi connectivity index (χ0v) is 13.2. The summed E-state index contributed by atoms with van der Waals surface area (Å²) in [5.74, 6) is 0. The average molecular weight is 326 g/mol. The van der Waals surface area contributed by atoms with Crippen LogP contribution in [0.2, 0.25) is 0 Å². The molecular weight excluding hydrogens is 304 g/mol. The van der Waals surface area contributed by atoms with Crippen LogP contribution in [0.15, 0.2) is 0 Å². The number of hydrogen-bond acceptors (Lipinski definition) is 5. The standard InChI is InChI=1S/C10H22N4O4S2/c1-19(15,16)13-6-2-10(3-7-13)12-20(17,18)14-8-4-11-5-9-14/h10-12H,2-9H2,1H3. The van der Waals surface area contributed by atoms with Gasteiger partial charge in [-0.05, 0) is 12.8 Å². The van der Waals surface area contributed by atoms with Crippen LogP contribution in [0.4, 0.5) is 0 Å². The topological polar surface area (TPSA) is 98.8 Å². The van der Waals surface area contributed by atoms with E-state index in [1.54, 1.807) is 0 Å². The molecule has 0 aromatic heterocycles. The van der Waals surface area contributed by atoms with E-state index in [1.165, 1.54) is 14.9 Å². The normalized spacial score (nSPS) is 24.9. The number of sulfonamides is 1. The summed E-state index contributed by atoms with van der Waals surface area (Å²) in [6, 6.07) is -0.187. The second-order valence-electron chi connectivity index (χ2n) is 5.21. The highest BCUT2D eigenvalue weighted by Crippen LogP contribution is 2.15. The Kier molecular flexibility index (Phi) is 5.03. The van der Waals surface area contributed by atoms with Crippen LogP contribution < -0.4 is 10.0 Å². The Morgan fingerprint density at radius 3 is 2.00 bits per heavy atom. The summed E-state index contributed by atoms with van der Waals surface area (Å²) in [7, 11) is -6.64. The van der Waals surface area contributed by atoms with Crippen LogP contribution in [-0.2, 0) is 20.2 Å². The van der Waals surface area contributed by atoms with Gasteiger partial charge in [0.1, 0.15) is 0 Å². The van der Waals surface area contributed by atoms with Crippen molar-refractivity contribution in [1.29, 1.82) is 0 Å². The summed E-state index contributed by atoms with van der Waals surface area (Å²) >= 11 is 0. The maximum atomic E-state index is 12.2. The molecule has 0 saturated carbocycles. The van der Waals surface area contributed by atoms with Gasteiger partial charge in [0.15, 0.2) is 0 Å². The van der Waals surface area contributed by atoms with Crippen LogP contribution in [-0.4, -0.2) is 77.0 Å². The van der Waals surface area contributed by atoms with Crippen molar-refractivity contribution in [1.82, 2.24) is 18.6 Å². The first-order valence-corrected chi connectivity index (χ1v) is 10.0. The molecule has 2 rings (SSSR count). The van der Waals surface area contributed by atoms with Gasteiger partial charge in [0.05, 0.1) is 6.26 Å². The molecule has 2 saturated heterocycles. The second kappa shape index (κ2) is 6.24. The van der Waals surface area contributed by atoms with E-state index in [-0.39, 0.29) is 6.04 Å². The lowest BCUT2D eigenvalue weighted by atomic mass is 10.1. The molecule has 0 aromatic carbocycles. The third kappa shape index (κ3) is 4.12. The Balaban J connectivity index is 1.88. The molecule has 0 radical (unpaired) electrons. The van der Waals surface area contributed by atoms with Crippen LogP contribution >= 0.6 is 0 Å². The van der Waals surface area contributed by atoms with E-state index in [0.29, 0.717) is 52.1 Å². The highest BCUT2D eigenvalue weighted by atomic mass is 32.2. The van der Waals surface area contributed by atoms with Gasteiger partial charge in [-0.3, -0.25) is 0 Å². The van der Waals surface area contributed by atoms with Gasteiger partial charge in [-0.1, -0.05) is 0 Å². The van der Waals surface area contributed by atoms with E-state index in [2.05, 4.69) is 10.0 Å². The minimum atomic E-state index is -3.46. The molecule has 2 N–H and O–H groups in total. The molecule has 2 aliphatic rings. The predicted octanol–water partition coefficient (Wildman–Crippen LogP) is -1.85. The summed E-state index contributed by atoms with van der Waals surface area (Å²) in [6.45, 7) is 3.00. The Bertz CT molecular complexity index is 519. The number of piperidine rings is 1. The first kappa shape index (κ1) is 16.1. The Morgan fingerprint density at radius 2 is 1.50 bits per heavy atom. The number of hydrogen-bond donors (Lipinski definition) is 2. The van der Waals surface area contributed by atoms with Crippen molar-refractivity contribution < 1.29 is 16.8 Å². The van der Waals surface area contributed by atoms with Crippen LogP contribution in [0.1, 0.15) is 12.8 Å². The quantitative estimate of drug-likeness (QED) is 0.632. The summed E-state index contributed by atoms with van der Waals surface area (Å²) in [5.41, 5.74) is 0. The highest BCUT2D eigenvalue weighted by Gasteiger charge is 2.30. The lowest BCUT2D eigenvalue weighted by Crippen LogP contribution is -2.54. The van der Waals surface area contributed by atoms with Crippen LogP contribution in [0.3, 0.4) is 0 Å². The van der Waals surface area contributed by atoms with E-state index >= 15 is 0 Å². The molecule has 2 aliphatic heterocycles. The zero-order valence-electron chi connectivity index (χ0n) is 11.6. The van der Waals surface area contributed by atoms with Crippen molar-refractivity contribution in [3.63, 3.8) is 0 Å². The number of nitrogens with zero attached hydrogens (tertiary/aromatic N) is 2.